The lowest BCUT2D eigenvalue weighted by Crippen LogP contribution is -2.29. The number of carbonyl (C=O) groups is 4. The van der Waals surface area contributed by atoms with E-state index in [1.165, 1.54) is 43.5 Å². The number of ether oxygens (including phenoxy) is 1. The molecule has 0 aliphatic carbocycles. The zero-order valence-electron chi connectivity index (χ0n) is 17.0. The van der Waals surface area contributed by atoms with Gasteiger partial charge in [-0.15, -0.1) is 0 Å². The summed E-state index contributed by atoms with van der Waals surface area (Å²) < 4.78 is 30.6. The predicted molar refractivity (Wildman–Crippen MR) is 114 cm³/mol. The van der Waals surface area contributed by atoms with Crippen molar-refractivity contribution in [3.05, 3.63) is 89.0 Å². The van der Waals surface area contributed by atoms with Crippen LogP contribution in [0.3, 0.4) is 0 Å². The van der Waals surface area contributed by atoms with Crippen molar-refractivity contribution < 1.29 is 37.4 Å². The molecular weight excluding hydrogens is 450 g/mol. The average molecular weight is 465 g/mol. The van der Waals surface area contributed by atoms with E-state index in [2.05, 4.69) is 4.74 Å². The first kappa shape index (κ1) is 21.9. The first-order valence-corrected chi connectivity index (χ1v) is 10.9. The smallest absolute Gasteiger partial charge is 0.337 e. The molecule has 0 aromatic heterocycles. The number of sulfone groups is 1. The Morgan fingerprint density at radius 3 is 1.91 bits per heavy atom. The van der Waals surface area contributed by atoms with Crippen molar-refractivity contribution in [2.24, 2.45) is 0 Å². The Bertz CT molecular complexity index is 1420. The zero-order chi connectivity index (χ0) is 23.9. The highest BCUT2D eigenvalue weighted by atomic mass is 32.2. The van der Waals surface area contributed by atoms with Crippen molar-refractivity contribution in [1.82, 2.24) is 0 Å². The van der Waals surface area contributed by atoms with Gasteiger partial charge in [0.1, 0.15) is 0 Å². The normalized spacial score (nSPS) is 13.1. The molecule has 2 amide bonds. The number of fused-ring (bicyclic) bond motifs is 1. The van der Waals surface area contributed by atoms with Gasteiger partial charge < -0.3 is 9.84 Å². The molecule has 33 heavy (non-hydrogen) atoms. The standard InChI is InChI=1S/C23H15NO8S/c1-32-23(29)14-2-6-15(7-3-14)24-20(25)18-11-10-17(12-19(18)21(24)26)33(30,31)16-8-4-13(5-9-16)22(27)28/h2-12H,1H3,(H,27,28). The SMILES string of the molecule is COC(=O)c1ccc(N2C(=O)c3ccc(S(=O)(=O)c4ccc(C(=O)O)cc4)cc3C2=O)cc1. The third-order valence-corrected chi connectivity index (χ3v) is 6.89. The summed E-state index contributed by atoms with van der Waals surface area (Å²) in [5.41, 5.74) is 0.331. The van der Waals surface area contributed by atoms with E-state index in [0.717, 1.165) is 35.2 Å². The summed E-state index contributed by atoms with van der Waals surface area (Å²) in [6, 6.07) is 13.9. The van der Waals surface area contributed by atoms with Crippen LogP contribution in [0.4, 0.5) is 5.69 Å². The number of hydrogen-bond donors (Lipinski definition) is 1. The quantitative estimate of drug-likeness (QED) is 0.449. The highest BCUT2D eigenvalue weighted by Gasteiger charge is 2.38. The van der Waals surface area contributed by atoms with E-state index < -0.39 is 33.6 Å². The van der Waals surface area contributed by atoms with Crippen LogP contribution in [0.15, 0.2) is 76.5 Å². The Balaban J connectivity index is 1.69. The van der Waals surface area contributed by atoms with Gasteiger partial charge in [-0.2, -0.15) is 0 Å². The second-order valence-corrected chi connectivity index (χ2v) is 8.97. The molecule has 0 saturated carbocycles. The number of amides is 2. The van der Waals surface area contributed by atoms with Crippen LogP contribution in [0.25, 0.3) is 0 Å². The van der Waals surface area contributed by atoms with Crippen LogP contribution in [-0.4, -0.2) is 44.4 Å². The van der Waals surface area contributed by atoms with Gasteiger partial charge in [0.05, 0.1) is 44.8 Å². The van der Waals surface area contributed by atoms with Crippen molar-refractivity contribution in [2.45, 2.75) is 9.79 Å². The lowest BCUT2D eigenvalue weighted by Gasteiger charge is -2.14. The number of rotatable bonds is 5. The summed E-state index contributed by atoms with van der Waals surface area (Å²) in [6.07, 6.45) is 0. The number of carboxylic acid groups (broad SMARTS) is 1. The van der Waals surface area contributed by atoms with Crippen molar-refractivity contribution in [3.8, 4) is 0 Å². The molecule has 0 spiro atoms. The topological polar surface area (TPSA) is 135 Å². The van der Waals surface area contributed by atoms with Gasteiger partial charge in [-0.1, -0.05) is 0 Å². The highest BCUT2D eigenvalue weighted by molar-refractivity contribution is 7.91. The van der Waals surface area contributed by atoms with E-state index in [4.69, 9.17) is 5.11 Å². The van der Waals surface area contributed by atoms with Gasteiger partial charge in [-0.25, -0.2) is 22.9 Å². The van der Waals surface area contributed by atoms with Crippen molar-refractivity contribution in [3.63, 3.8) is 0 Å². The molecule has 3 aromatic rings. The molecular formula is C23H15NO8S. The Morgan fingerprint density at radius 2 is 1.33 bits per heavy atom. The molecule has 0 fully saturated rings. The van der Waals surface area contributed by atoms with Crippen LogP contribution in [0, 0.1) is 0 Å². The van der Waals surface area contributed by atoms with E-state index in [0.29, 0.717) is 0 Å². The Morgan fingerprint density at radius 1 is 0.788 bits per heavy atom. The molecule has 10 heteroatoms. The van der Waals surface area contributed by atoms with Crippen molar-refractivity contribution >= 4 is 39.3 Å². The van der Waals surface area contributed by atoms with E-state index in [9.17, 15) is 27.6 Å². The predicted octanol–water partition coefficient (Wildman–Crippen LogP) is 2.80. The maximum absolute atomic E-state index is 13.0. The molecule has 3 aromatic carbocycles. The Hall–Kier alpha value is -4.31. The number of aromatic carboxylic acids is 1. The minimum Gasteiger partial charge on any atom is -0.478 e. The molecule has 1 heterocycles. The second-order valence-electron chi connectivity index (χ2n) is 7.02. The molecule has 4 rings (SSSR count). The molecule has 166 valence electrons. The number of esters is 1. The van der Waals surface area contributed by atoms with E-state index in [1.807, 2.05) is 0 Å². The minimum atomic E-state index is -4.07. The monoisotopic (exact) mass is 465 g/mol. The summed E-state index contributed by atoms with van der Waals surface area (Å²) in [5, 5.41) is 8.98. The maximum Gasteiger partial charge on any atom is 0.337 e. The van der Waals surface area contributed by atoms with E-state index >= 15 is 0 Å². The van der Waals surface area contributed by atoms with Crippen LogP contribution in [0.2, 0.25) is 0 Å². The molecule has 1 aliphatic rings. The van der Waals surface area contributed by atoms with Gasteiger partial charge in [0.2, 0.25) is 9.84 Å². The number of nitrogens with zero attached hydrogens (tertiary/aromatic N) is 1. The third kappa shape index (κ3) is 3.66. The average Bonchev–Trinajstić information content (AvgIpc) is 3.08. The van der Waals surface area contributed by atoms with Crippen LogP contribution >= 0.6 is 0 Å². The van der Waals surface area contributed by atoms with Crippen molar-refractivity contribution in [1.29, 1.82) is 0 Å². The number of hydrogen-bond acceptors (Lipinski definition) is 7. The molecule has 0 radical (unpaired) electrons. The van der Waals surface area contributed by atoms with Crippen LogP contribution < -0.4 is 4.90 Å². The summed E-state index contributed by atoms with van der Waals surface area (Å²) in [6.45, 7) is 0. The number of methoxy groups -OCH3 is 1. The molecule has 1 aliphatic heterocycles. The number of carboxylic acids is 1. The molecule has 9 nitrogen and oxygen atoms in total. The van der Waals surface area contributed by atoms with E-state index in [1.54, 1.807) is 0 Å². The largest absolute Gasteiger partial charge is 0.478 e. The van der Waals surface area contributed by atoms with Crippen molar-refractivity contribution in [2.75, 3.05) is 12.0 Å². The van der Waals surface area contributed by atoms with E-state index in [-0.39, 0.29) is 37.7 Å². The van der Waals surface area contributed by atoms with Gasteiger partial charge in [0.15, 0.2) is 0 Å². The lowest BCUT2D eigenvalue weighted by atomic mass is 10.1. The summed E-state index contributed by atoms with van der Waals surface area (Å²) in [7, 11) is -2.84. The van der Waals surface area contributed by atoms with Crippen LogP contribution in [-0.2, 0) is 14.6 Å². The minimum absolute atomic E-state index is 0.0391. The highest BCUT2D eigenvalue weighted by Crippen LogP contribution is 2.32. The number of benzene rings is 3. The van der Waals surface area contributed by atoms with Crippen LogP contribution in [0.1, 0.15) is 41.4 Å². The fourth-order valence-corrected chi connectivity index (χ4v) is 4.69. The summed E-state index contributed by atoms with van der Waals surface area (Å²) in [4.78, 5) is 48.9. The number of anilines is 1. The van der Waals surface area contributed by atoms with Crippen LogP contribution in [0.5, 0.6) is 0 Å². The number of imide groups is 1. The van der Waals surface area contributed by atoms with Gasteiger partial charge in [-0.05, 0) is 66.7 Å². The maximum atomic E-state index is 13.0. The third-order valence-electron chi connectivity index (χ3n) is 5.13. The summed E-state index contributed by atoms with van der Waals surface area (Å²) in [5.74, 6) is -3.11. The second kappa shape index (κ2) is 7.99. The molecule has 1 N–H and O–H groups in total. The van der Waals surface area contributed by atoms with Gasteiger partial charge >= 0.3 is 11.9 Å². The molecule has 0 unspecified atom stereocenters. The fraction of sp³-hybridized carbons (Fsp3) is 0.0435. The van der Waals surface area contributed by atoms with Gasteiger partial charge in [0, 0.05) is 0 Å². The lowest BCUT2D eigenvalue weighted by molar-refractivity contribution is 0.0599. The molecule has 0 bridgehead atoms. The fourth-order valence-electron chi connectivity index (χ4n) is 3.40. The molecule has 0 atom stereocenters. The first-order valence-electron chi connectivity index (χ1n) is 9.45. The van der Waals surface area contributed by atoms with Gasteiger partial charge in [-0.3, -0.25) is 9.59 Å². The molecule has 0 saturated heterocycles. The zero-order valence-corrected chi connectivity index (χ0v) is 17.8. The Labute approximate surface area is 187 Å². The summed E-state index contributed by atoms with van der Waals surface area (Å²) >= 11 is 0. The first-order chi connectivity index (χ1) is 15.6. The Kier molecular flexibility index (Phi) is 5.30. The van der Waals surface area contributed by atoms with Gasteiger partial charge in [0.25, 0.3) is 11.8 Å². The number of carbonyl (C=O) groups excluding carboxylic acids is 3.